The molecule has 20 heavy (non-hydrogen) atoms. The molecule has 1 fully saturated rings. The third-order valence-corrected chi connectivity index (χ3v) is 4.23. The van der Waals surface area contributed by atoms with Gasteiger partial charge in [-0.25, -0.2) is 0 Å². The molecule has 1 aliphatic carbocycles. The molecule has 0 spiro atoms. The number of hydrogen-bond acceptors (Lipinski definition) is 4. The summed E-state index contributed by atoms with van der Waals surface area (Å²) < 4.78 is 5.29. The fourth-order valence-corrected chi connectivity index (χ4v) is 3.03. The Kier molecular flexibility index (Phi) is 3.00. The average Bonchev–Trinajstić information content (AvgIpc) is 2.74. The molecule has 6 heteroatoms. The third-order valence-electron chi connectivity index (χ3n) is 3.79. The van der Waals surface area contributed by atoms with Gasteiger partial charge in [0.25, 0.3) is 0 Å². The lowest BCUT2D eigenvalue weighted by Gasteiger charge is -1.97. The second-order valence-corrected chi connectivity index (χ2v) is 6.39. The monoisotopic (exact) mass is 307 g/mol. The molecule has 1 saturated carbocycles. The van der Waals surface area contributed by atoms with E-state index in [0.29, 0.717) is 27.3 Å². The summed E-state index contributed by atoms with van der Waals surface area (Å²) in [5, 5.41) is 14.1. The highest BCUT2D eigenvalue weighted by atomic mass is 35.5. The number of hydrogen-bond donors (Lipinski definition) is 0. The Morgan fingerprint density at radius 3 is 2.45 bits per heavy atom. The van der Waals surface area contributed by atoms with Crippen molar-refractivity contribution in [2.75, 3.05) is 0 Å². The van der Waals surface area contributed by atoms with Gasteiger partial charge in [0.05, 0.1) is 17.9 Å². The summed E-state index contributed by atoms with van der Waals surface area (Å²) in [5.74, 6) is 0.832. The number of nitrogens with zero attached hydrogens (tertiary/aromatic N) is 3. The summed E-state index contributed by atoms with van der Waals surface area (Å²) >= 11 is 11.9. The molecule has 1 aromatic carbocycles. The summed E-state index contributed by atoms with van der Waals surface area (Å²) in [4.78, 5) is 4.37. The predicted octanol–water partition coefficient (Wildman–Crippen LogP) is 4.31. The van der Waals surface area contributed by atoms with Crippen LogP contribution in [-0.4, -0.2) is 10.1 Å². The van der Waals surface area contributed by atoms with Gasteiger partial charge in [-0.3, -0.25) is 0 Å². The Bertz CT molecular complexity index is 697. The molecule has 0 aliphatic heterocycles. The molecule has 0 radical (unpaired) electrons. The minimum Gasteiger partial charge on any atom is -0.339 e. The van der Waals surface area contributed by atoms with Crippen molar-refractivity contribution in [2.45, 2.75) is 19.8 Å². The molecule has 1 heterocycles. The Morgan fingerprint density at radius 2 is 1.90 bits per heavy atom. The second-order valence-electron chi connectivity index (χ2n) is 5.52. The summed E-state index contributed by atoms with van der Waals surface area (Å²) in [6, 6.07) is 7.37. The normalized spacial score (nSPS) is 23.4. The van der Waals surface area contributed by atoms with Crippen molar-refractivity contribution in [3.63, 3.8) is 0 Å². The number of aromatic nitrogens is 2. The van der Waals surface area contributed by atoms with Gasteiger partial charge >= 0.3 is 0 Å². The van der Waals surface area contributed by atoms with E-state index in [-0.39, 0.29) is 17.3 Å². The summed E-state index contributed by atoms with van der Waals surface area (Å²) in [6.45, 7) is 4.04. The lowest BCUT2D eigenvalue weighted by Crippen LogP contribution is -1.90. The van der Waals surface area contributed by atoms with Crippen molar-refractivity contribution >= 4 is 23.2 Å². The van der Waals surface area contributed by atoms with Crippen molar-refractivity contribution < 1.29 is 4.52 Å². The molecular weight excluding hydrogens is 297 g/mol. The minimum atomic E-state index is -0.121. The number of nitriles is 1. The zero-order valence-corrected chi connectivity index (χ0v) is 12.4. The quantitative estimate of drug-likeness (QED) is 0.829. The highest BCUT2D eigenvalue weighted by Gasteiger charge is 2.62. The minimum absolute atomic E-state index is 0.0107. The molecule has 1 aromatic heterocycles. The van der Waals surface area contributed by atoms with Crippen LogP contribution in [0.3, 0.4) is 0 Å². The van der Waals surface area contributed by atoms with E-state index < -0.39 is 0 Å². The molecule has 0 saturated heterocycles. The van der Waals surface area contributed by atoms with E-state index in [1.54, 1.807) is 18.2 Å². The van der Waals surface area contributed by atoms with E-state index in [2.05, 4.69) is 16.2 Å². The lowest BCUT2D eigenvalue weighted by molar-refractivity contribution is 0.368. The van der Waals surface area contributed by atoms with Gasteiger partial charge in [-0.05, 0) is 23.6 Å². The van der Waals surface area contributed by atoms with Crippen LogP contribution >= 0.6 is 23.2 Å². The number of halogens is 2. The van der Waals surface area contributed by atoms with Crippen LogP contribution in [0.4, 0.5) is 0 Å². The first-order valence-corrected chi connectivity index (χ1v) is 6.89. The highest BCUT2D eigenvalue weighted by Crippen LogP contribution is 2.63. The van der Waals surface area contributed by atoms with Gasteiger partial charge in [0.15, 0.2) is 0 Å². The first kappa shape index (κ1) is 13.4. The Morgan fingerprint density at radius 1 is 1.25 bits per heavy atom. The van der Waals surface area contributed by atoms with Crippen LogP contribution in [0, 0.1) is 22.7 Å². The largest absolute Gasteiger partial charge is 0.339 e. The Hall–Kier alpha value is -1.57. The van der Waals surface area contributed by atoms with Crippen molar-refractivity contribution in [3.05, 3.63) is 34.1 Å². The van der Waals surface area contributed by atoms with Gasteiger partial charge in [0.2, 0.25) is 11.7 Å². The van der Waals surface area contributed by atoms with E-state index in [1.807, 2.05) is 13.8 Å². The van der Waals surface area contributed by atoms with Crippen molar-refractivity contribution in [2.24, 2.45) is 11.3 Å². The molecule has 2 aromatic rings. The smallest absolute Gasteiger partial charge is 0.232 e. The molecule has 0 N–H and O–H groups in total. The lowest BCUT2D eigenvalue weighted by atomic mass is 10.1. The summed E-state index contributed by atoms with van der Waals surface area (Å²) in [7, 11) is 0. The van der Waals surface area contributed by atoms with Crippen LogP contribution in [0.15, 0.2) is 22.7 Å². The van der Waals surface area contributed by atoms with E-state index in [0.717, 1.165) is 0 Å². The Balaban J connectivity index is 1.94. The molecule has 4 nitrogen and oxygen atoms in total. The van der Waals surface area contributed by atoms with Crippen molar-refractivity contribution in [3.8, 4) is 17.5 Å². The molecule has 102 valence electrons. The maximum atomic E-state index is 9.10. The molecule has 3 rings (SSSR count). The zero-order valence-electron chi connectivity index (χ0n) is 10.9. The van der Waals surface area contributed by atoms with Gasteiger partial charge in [-0.1, -0.05) is 42.2 Å². The molecule has 2 unspecified atom stereocenters. The Labute approximate surface area is 126 Å². The average molecular weight is 308 g/mol. The third kappa shape index (κ3) is 2.07. The number of rotatable bonds is 2. The van der Waals surface area contributed by atoms with E-state index in [9.17, 15) is 0 Å². The maximum Gasteiger partial charge on any atom is 0.232 e. The van der Waals surface area contributed by atoms with Gasteiger partial charge < -0.3 is 4.52 Å². The fourth-order valence-electron chi connectivity index (χ4n) is 2.50. The van der Waals surface area contributed by atoms with Gasteiger partial charge in [-0.15, -0.1) is 0 Å². The first-order valence-electron chi connectivity index (χ1n) is 6.13. The zero-order chi connectivity index (χ0) is 14.5. The first-order chi connectivity index (χ1) is 9.43. The maximum absolute atomic E-state index is 9.10. The SMILES string of the molecule is CC1(C)C(C#N)C1c1nc(-c2cc(Cl)cc(Cl)c2)no1. The summed E-state index contributed by atoms with van der Waals surface area (Å²) in [6.07, 6.45) is 0. The molecule has 1 aliphatic rings. The molecule has 0 bridgehead atoms. The molecule has 2 atom stereocenters. The molecule has 0 amide bonds. The molecular formula is C14H11Cl2N3O. The van der Waals surface area contributed by atoms with E-state index in [1.165, 1.54) is 0 Å². The van der Waals surface area contributed by atoms with E-state index in [4.69, 9.17) is 33.0 Å². The second kappa shape index (κ2) is 4.47. The van der Waals surface area contributed by atoms with Gasteiger partial charge in [-0.2, -0.15) is 10.2 Å². The van der Waals surface area contributed by atoms with Crippen LogP contribution in [0.1, 0.15) is 25.7 Å². The van der Waals surface area contributed by atoms with Crippen molar-refractivity contribution in [1.29, 1.82) is 5.26 Å². The fraction of sp³-hybridized carbons (Fsp3) is 0.357. The predicted molar refractivity (Wildman–Crippen MR) is 75.4 cm³/mol. The van der Waals surface area contributed by atoms with Crippen LogP contribution in [-0.2, 0) is 0 Å². The van der Waals surface area contributed by atoms with E-state index >= 15 is 0 Å². The van der Waals surface area contributed by atoms with Gasteiger partial charge in [0.1, 0.15) is 0 Å². The van der Waals surface area contributed by atoms with Crippen LogP contribution < -0.4 is 0 Å². The highest BCUT2D eigenvalue weighted by molar-refractivity contribution is 6.35. The topological polar surface area (TPSA) is 62.7 Å². The van der Waals surface area contributed by atoms with Crippen molar-refractivity contribution in [1.82, 2.24) is 10.1 Å². The standard InChI is InChI=1S/C14H11Cl2N3O/c1-14(2)10(6-17)11(14)13-18-12(19-20-13)7-3-8(15)5-9(16)4-7/h3-5,10-11H,1-2H3. The van der Waals surface area contributed by atoms with Crippen LogP contribution in [0.2, 0.25) is 10.0 Å². The number of benzene rings is 1. The van der Waals surface area contributed by atoms with Gasteiger partial charge in [0, 0.05) is 15.6 Å². The summed E-state index contributed by atoms with van der Waals surface area (Å²) in [5.41, 5.74) is 0.578. The van der Waals surface area contributed by atoms with Crippen LogP contribution in [0.5, 0.6) is 0 Å². The van der Waals surface area contributed by atoms with Crippen LogP contribution in [0.25, 0.3) is 11.4 Å².